The van der Waals surface area contributed by atoms with Crippen LogP contribution >= 0.6 is 0 Å². The second-order valence-corrected chi connectivity index (χ2v) is 9.23. The van der Waals surface area contributed by atoms with E-state index < -0.39 is 0 Å². The Morgan fingerprint density at radius 3 is 2.47 bits per heavy atom. The summed E-state index contributed by atoms with van der Waals surface area (Å²) in [7, 11) is 0. The van der Waals surface area contributed by atoms with Crippen molar-refractivity contribution in [3.63, 3.8) is 0 Å². The maximum absolute atomic E-state index is 6.07. The molecule has 0 unspecified atom stereocenters. The van der Waals surface area contributed by atoms with Crippen LogP contribution in [0.2, 0.25) is 0 Å². The fourth-order valence-electron chi connectivity index (χ4n) is 3.92. The molecular formula is C31H46N6O. The third kappa shape index (κ3) is 8.94. The number of allylic oxidation sites excluding steroid dienone is 4. The summed E-state index contributed by atoms with van der Waals surface area (Å²) >= 11 is 0. The number of hydrogen-bond donors (Lipinski definition) is 3. The summed E-state index contributed by atoms with van der Waals surface area (Å²) in [5.41, 5.74) is 23.5. The van der Waals surface area contributed by atoms with Gasteiger partial charge >= 0.3 is 0 Å². The first-order valence-corrected chi connectivity index (χ1v) is 13.7. The van der Waals surface area contributed by atoms with E-state index in [1.165, 1.54) is 5.56 Å². The van der Waals surface area contributed by atoms with E-state index >= 15 is 0 Å². The molecule has 0 bridgehead atoms. The molecule has 0 aliphatic heterocycles. The van der Waals surface area contributed by atoms with Gasteiger partial charge in [-0.1, -0.05) is 65.0 Å². The van der Waals surface area contributed by atoms with Crippen LogP contribution in [-0.2, 0) is 17.7 Å². The van der Waals surface area contributed by atoms with Crippen LogP contribution in [0.4, 0.5) is 0 Å². The number of aromatic nitrogens is 3. The molecule has 0 amide bonds. The van der Waals surface area contributed by atoms with Crippen LogP contribution in [-0.4, -0.2) is 34.0 Å². The van der Waals surface area contributed by atoms with E-state index in [2.05, 4.69) is 56.5 Å². The lowest BCUT2D eigenvalue weighted by atomic mass is 9.99. The highest BCUT2D eigenvalue weighted by molar-refractivity contribution is 5.88. The van der Waals surface area contributed by atoms with Gasteiger partial charge in [-0.2, -0.15) is 5.10 Å². The van der Waals surface area contributed by atoms with E-state index in [1.807, 2.05) is 47.3 Å². The van der Waals surface area contributed by atoms with Crippen LogP contribution in [0.5, 0.6) is 0 Å². The number of nitrogens with two attached hydrogens (primary N) is 3. The van der Waals surface area contributed by atoms with Crippen LogP contribution in [0.3, 0.4) is 0 Å². The highest BCUT2D eigenvalue weighted by Gasteiger charge is 2.12. The molecule has 0 spiro atoms. The second-order valence-electron chi connectivity index (χ2n) is 9.23. The van der Waals surface area contributed by atoms with Crippen LogP contribution in [0, 0.1) is 0 Å². The summed E-state index contributed by atoms with van der Waals surface area (Å²) in [6.45, 7) is 15.0. The SMILES string of the molecule is C=C(/C=C\C=C(/N)[C@@H](N)CCC)c1cc(CC)c2cnn(-c3cccc(CN)n3)c2c1.CCCOCCC. The van der Waals surface area contributed by atoms with Crippen LogP contribution < -0.4 is 17.2 Å². The molecule has 7 heteroatoms. The van der Waals surface area contributed by atoms with Crippen LogP contribution in [0.25, 0.3) is 22.3 Å². The zero-order valence-corrected chi connectivity index (χ0v) is 23.6. The van der Waals surface area contributed by atoms with Crippen molar-refractivity contribution in [2.24, 2.45) is 17.2 Å². The highest BCUT2D eigenvalue weighted by Crippen LogP contribution is 2.27. The van der Waals surface area contributed by atoms with E-state index in [0.717, 1.165) is 78.9 Å². The normalized spacial score (nSPS) is 12.5. The highest BCUT2D eigenvalue weighted by atomic mass is 16.5. The zero-order valence-electron chi connectivity index (χ0n) is 23.6. The fourth-order valence-corrected chi connectivity index (χ4v) is 3.92. The molecular weight excluding hydrogens is 472 g/mol. The maximum Gasteiger partial charge on any atom is 0.154 e. The smallest absolute Gasteiger partial charge is 0.154 e. The van der Waals surface area contributed by atoms with Crippen molar-refractivity contribution in [1.82, 2.24) is 14.8 Å². The minimum atomic E-state index is -0.114. The molecule has 7 nitrogen and oxygen atoms in total. The standard InChI is InChI=1S/C25H32N6.C6H14O/c1-4-8-22(27)23(28)11-6-9-17(3)19-13-18(5-2)21-16-29-31(24(21)14-19)25-12-7-10-20(15-26)30-25;1-3-5-7-6-4-2/h6-7,9-14,16,22H,3-5,8,15,26-28H2,1-2H3;3-6H2,1-2H3/b9-6-,23-11-;/t22-;/m0./s1. The molecule has 2 heterocycles. The number of ether oxygens (including phenoxy) is 1. The third-order valence-electron chi connectivity index (χ3n) is 6.06. The summed E-state index contributed by atoms with van der Waals surface area (Å²) in [4.78, 5) is 4.62. The molecule has 0 saturated carbocycles. The first kappa shape index (κ1) is 31.0. The van der Waals surface area contributed by atoms with Crippen molar-refractivity contribution in [3.8, 4) is 5.82 Å². The Morgan fingerprint density at radius 2 is 1.84 bits per heavy atom. The predicted octanol–water partition coefficient (Wildman–Crippen LogP) is 5.80. The average molecular weight is 519 g/mol. The first-order valence-electron chi connectivity index (χ1n) is 13.7. The Morgan fingerprint density at radius 1 is 1.11 bits per heavy atom. The monoisotopic (exact) mass is 518 g/mol. The van der Waals surface area contributed by atoms with Gasteiger partial charge in [-0.3, -0.25) is 0 Å². The Labute approximate surface area is 228 Å². The molecule has 0 aliphatic rings. The van der Waals surface area contributed by atoms with E-state index in [1.54, 1.807) is 0 Å². The molecule has 206 valence electrons. The van der Waals surface area contributed by atoms with Crippen LogP contribution in [0.15, 0.2) is 67.0 Å². The number of rotatable bonds is 13. The van der Waals surface area contributed by atoms with Crippen molar-refractivity contribution < 1.29 is 4.74 Å². The van der Waals surface area contributed by atoms with Gasteiger partial charge in [-0.15, -0.1) is 0 Å². The minimum Gasteiger partial charge on any atom is -0.401 e. The number of fused-ring (bicyclic) bond motifs is 1. The second kappa shape index (κ2) is 16.6. The Kier molecular flexibility index (Phi) is 13.5. The number of benzene rings is 1. The molecule has 6 N–H and O–H groups in total. The summed E-state index contributed by atoms with van der Waals surface area (Å²) in [6, 6.07) is 9.95. The number of nitrogens with zero attached hydrogens (tertiary/aromatic N) is 3. The maximum atomic E-state index is 6.07. The number of pyridine rings is 1. The molecule has 1 aromatic carbocycles. The fraction of sp³-hybridized carbons (Fsp3) is 0.419. The molecule has 0 radical (unpaired) electrons. The van der Waals surface area contributed by atoms with Gasteiger partial charge in [0.05, 0.1) is 17.4 Å². The minimum absolute atomic E-state index is 0.114. The lowest BCUT2D eigenvalue weighted by Crippen LogP contribution is -2.26. The van der Waals surface area contributed by atoms with Gasteiger partial charge in [-0.05, 0) is 66.7 Å². The summed E-state index contributed by atoms with van der Waals surface area (Å²) in [6.07, 6.45) is 12.7. The van der Waals surface area contributed by atoms with Crippen molar-refractivity contribution in [3.05, 3.63) is 83.9 Å². The summed E-state index contributed by atoms with van der Waals surface area (Å²) in [5.74, 6) is 0.749. The van der Waals surface area contributed by atoms with E-state index in [9.17, 15) is 0 Å². The largest absolute Gasteiger partial charge is 0.401 e. The van der Waals surface area contributed by atoms with Gasteiger partial charge in [0.15, 0.2) is 5.82 Å². The molecule has 2 aromatic heterocycles. The molecule has 3 rings (SSSR count). The van der Waals surface area contributed by atoms with E-state index in [-0.39, 0.29) is 6.04 Å². The lowest BCUT2D eigenvalue weighted by molar-refractivity contribution is 0.135. The van der Waals surface area contributed by atoms with Gasteiger partial charge in [0.1, 0.15) is 0 Å². The van der Waals surface area contributed by atoms with E-state index in [4.69, 9.17) is 21.9 Å². The van der Waals surface area contributed by atoms with Gasteiger partial charge in [0.2, 0.25) is 0 Å². The molecule has 0 fully saturated rings. The topological polar surface area (TPSA) is 118 Å². The van der Waals surface area contributed by atoms with Gasteiger partial charge in [0.25, 0.3) is 0 Å². The Balaban J connectivity index is 0.000000638. The van der Waals surface area contributed by atoms with E-state index in [0.29, 0.717) is 12.2 Å². The molecule has 38 heavy (non-hydrogen) atoms. The van der Waals surface area contributed by atoms with Crippen molar-refractivity contribution >= 4 is 16.5 Å². The number of aryl methyl sites for hydroxylation is 1. The van der Waals surface area contributed by atoms with Crippen molar-refractivity contribution in [2.45, 2.75) is 72.4 Å². The average Bonchev–Trinajstić information content (AvgIpc) is 3.37. The van der Waals surface area contributed by atoms with Crippen molar-refractivity contribution in [2.75, 3.05) is 13.2 Å². The Bertz CT molecular complexity index is 1210. The van der Waals surface area contributed by atoms with Gasteiger partial charge in [0, 0.05) is 36.9 Å². The summed E-state index contributed by atoms with van der Waals surface area (Å²) < 4.78 is 6.99. The Hall–Kier alpha value is -3.26. The van der Waals surface area contributed by atoms with Crippen LogP contribution in [0.1, 0.15) is 70.2 Å². The number of hydrogen-bond acceptors (Lipinski definition) is 6. The van der Waals surface area contributed by atoms with Gasteiger partial charge < -0.3 is 21.9 Å². The van der Waals surface area contributed by atoms with Gasteiger partial charge in [-0.25, -0.2) is 9.67 Å². The predicted molar refractivity (Wildman–Crippen MR) is 161 cm³/mol. The first-order chi connectivity index (χ1) is 18.4. The third-order valence-corrected chi connectivity index (χ3v) is 6.06. The lowest BCUT2D eigenvalue weighted by Gasteiger charge is -2.10. The van der Waals surface area contributed by atoms with Crippen molar-refractivity contribution in [1.29, 1.82) is 0 Å². The molecule has 1 atom stereocenters. The zero-order chi connectivity index (χ0) is 27.9. The molecule has 0 saturated heterocycles. The molecule has 3 aromatic rings. The molecule has 0 aliphatic carbocycles. The summed E-state index contributed by atoms with van der Waals surface area (Å²) in [5, 5.41) is 5.71. The quantitative estimate of drug-likeness (QED) is 0.194.